The number of hydrogen-bond donors (Lipinski definition) is 1. The van der Waals surface area contributed by atoms with E-state index in [4.69, 9.17) is 4.74 Å². The molecule has 6 heteroatoms. The number of aliphatic hydroxyl groups is 1. The van der Waals surface area contributed by atoms with Gasteiger partial charge in [0.05, 0.1) is 18.2 Å². The van der Waals surface area contributed by atoms with Gasteiger partial charge in [-0.05, 0) is 60.5 Å². The van der Waals surface area contributed by atoms with Gasteiger partial charge in [-0.2, -0.15) is 0 Å². The number of nitrogens with zero attached hydrogens (tertiary/aromatic N) is 1. The van der Waals surface area contributed by atoms with Gasteiger partial charge in [0.25, 0.3) is 11.7 Å². The Bertz CT molecular complexity index is 927. The number of ether oxygens (including phenoxy) is 1. The highest BCUT2D eigenvalue weighted by Gasteiger charge is 2.46. The maximum absolute atomic E-state index is 12.8. The highest BCUT2D eigenvalue weighted by molar-refractivity contribution is 7.10. The van der Waals surface area contributed by atoms with Gasteiger partial charge in [0.2, 0.25) is 0 Å². The predicted octanol–water partition coefficient (Wildman–Crippen LogP) is 4.92. The highest BCUT2D eigenvalue weighted by Crippen LogP contribution is 2.42. The minimum atomic E-state index is -0.631. The van der Waals surface area contributed by atoms with Crippen molar-refractivity contribution in [3.8, 4) is 5.75 Å². The van der Waals surface area contributed by atoms with Gasteiger partial charge in [-0.3, -0.25) is 9.59 Å². The number of hydrogen-bond acceptors (Lipinski definition) is 5. The Labute approximate surface area is 175 Å². The standard InChI is InChI=1S/C23H27NO4S/c1-5-11-24-19(22-15(4)10-12-29-22)18(21(26)23(24)27)20(25)16-6-8-17(9-7-16)28-13-14(2)3/h6-10,12,14,19,25H,5,11,13H2,1-4H3/b20-18-. The van der Waals surface area contributed by atoms with E-state index in [0.29, 0.717) is 30.4 Å². The fourth-order valence-electron chi connectivity index (χ4n) is 3.42. The van der Waals surface area contributed by atoms with Crippen LogP contribution in [0.15, 0.2) is 41.3 Å². The fourth-order valence-corrected chi connectivity index (χ4v) is 4.46. The summed E-state index contributed by atoms with van der Waals surface area (Å²) in [4.78, 5) is 28.0. The van der Waals surface area contributed by atoms with E-state index in [1.807, 2.05) is 25.3 Å². The zero-order valence-electron chi connectivity index (χ0n) is 17.3. The third-order valence-electron chi connectivity index (χ3n) is 4.87. The molecule has 1 aromatic heterocycles. The molecule has 5 nitrogen and oxygen atoms in total. The molecule has 3 rings (SSSR count). The molecule has 1 aliphatic heterocycles. The van der Waals surface area contributed by atoms with Crippen molar-refractivity contribution in [1.29, 1.82) is 0 Å². The highest BCUT2D eigenvalue weighted by atomic mass is 32.1. The quantitative estimate of drug-likeness (QED) is 0.397. The van der Waals surface area contributed by atoms with Gasteiger partial charge in [-0.25, -0.2) is 0 Å². The molecule has 2 aromatic rings. The average Bonchev–Trinajstić information content (AvgIpc) is 3.22. The molecule has 0 aliphatic carbocycles. The van der Waals surface area contributed by atoms with Crippen LogP contribution in [0.4, 0.5) is 0 Å². The number of aryl methyl sites for hydroxylation is 1. The van der Waals surface area contributed by atoms with Crippen LogP contribution < -0.4 is 4.74 Å². The van der Waals surface area contributed by atoms with Gasteiger partial charge in [-0.15, -0.1) is 11.3 Å². The van der Waals surface area contributed by atoms with Gasteiger partial charge >= 0.3 is 0 Å². The summed E-state index contributed by atoms with van der Waals surface area (Å²) in [5, 5.41) is 12.9. The maximum Gasteiger partial charge on any atom is 0.295 e. The van der Waals surface area contributed by atoms with E-state index in [2.05, 4.69) is 13.8 Å². The number of benzene rings is 1. The number of amides is 1. The second kappa shape index (κ2) is 8.82. The van der Waals surface area contributed by atoms with Crippen molar-refractivity contribution < 1.29 is 19.4 Å². The van der Waals surface area contributed by atoms with E-state index >= 15 is 0 Å². The number of Topliss-reactive ketones (excluding diaryl/α,β-unsaturated/α-hetero) is 1. The largest absolute Gasteiger partial charge is 0.507 e. The van der Waals surface area contributed by atoms with Crippen LogP contribution >= 0.6 is 11.3 Å². The Morgan fingerprint density at radius 2 is 1.90 bits per heavy atom. The molecule has 0 saturated carbocycles. The summed E-state index contributed by atoms with van der Waals surface area (Å²) in [5.41, 5.74) is 1.66. The van der Waals surface area contributed by atoms with Crippen LogP contribution in [0.1, 0.15) is 49.2 Å². The lowest BCUT2D eigenvalue weighted by atomic mass is 9.98. The minimum absolute atomic E-state index is 0.143. The van der Waals surface area contributed by atoms with E-state index in [0.717, 1.165) is 16.9 Å². The molecule has 154 valence electrons. The summed E-state index contributed by atoms with van der Waals surface area (Å²) in [6.45, 7) is 9.13. The smallest absolute Gasteiger partial charge is 0.295 e. The first-order chi connectivity index (χ1) is 13.8. The molecule has 0 spiro atoms. The Hall–Kier alpha value is -2.60. The van der Waals surface area contributed by atoms with E-state index in [1.54, 1.807) is 29.2 Å². The van der Waals surface area contributed by atoms with E-state index in [-0.39, 0.29) is 11.3 Å². The monoisotopic (exact) mass is 413 g/mol. The number of likely N-dealkylation sites (tertiary alicyclic amines) is 1. The SMILES string of the molecule is CCCN1C(=O)C(=O)/C(=C(\O)c2ccc(OCC(C)C)cc2)C1c1sccc1C. The third kappa shape index (κ3) is 4.22. The lowest BCUT2D eigenvalue weighted by molar-refractivity contribution is -0.139. The second-order valence-corrected chi connectivity index (χ2v) is 8.64. The van der Waals surface area contributed by atoms with Crippen LogP contribution in [0, 0.1) is 12.8 Å². The zero-order chi connectivity index (χ0) is 21.1. The van der Waals surface area contributed by atoms with Gasteiger partial charge in [0.15, 0.2) is 0 Å². The number of thiophene rings is 1. The van der Waals surface area contributed by atoms with Crippen LogP contribution in [0.25, 0.3) is 5.76 Å². The molecule has 1 unspecified atom stereocenters. The molecule has 0 radical (unpaired) electrons. The molecule has 2 heterocycles. The molecule has 1 aromatic carbocycles. The van der Waals surface area contributed by atoms with Crippen molar-refractivity contribution in [3.63, 3.8) is 0 Å². The Kier molecular flexibility index (Phi) is 6.42. The number of aliphatic hydroxyl groups excluding tert-OH is 1. The van der Waals surface area contributed by atoms with Crippen LogP contribution in [0.5, 0.6) is 5.75 Å². The predicted molar refractivity (Wildman–Crippen MR) is 115 cm³/mol. The number of carbonyl (C=O) groups excluding carboxylic acids is 2. The first kappa shape index (κ1) is 21.1. The van der Waals surface area contributed by atoms with Crippen molar-refractivity contribution in [3.05, 3.63) is 57.3 Å². The lowest BCUT2D eigenvalue weighted by Gasteiger charge is -2.24. The Balaban J connectivity index is 2.02. The fraction of sp³-hybridized carbons (Fsp3) is 0.391. The van der Waals surface area contributed by atoms with Gasteiger partial charge < -0.3 is 14.7 Å². The number of rotatable bonds is 7. The zero-order valence-corrected chi connectivity index (χ0v) is 18.1. The van der Waals surface area contributed by atoms with Crippen LogP contribution in [-0.4, -0.2) is 34.8 Å². The van der Waals surface area contributed by atoms with E-state index in [9.17, 15) is 14.7 Å². The molecule has 1 fully saturated rings. The van der Waals surface area contributed by atoms with Crippen molar-refractivity contribution in [2.75, 3.05) is 13.2 Å². The molecule has 0 bridgehead atoms. The van der Waals surface area contributed by atoms with Crippen molar-refractivity contribution in [1.82, 2.24) is 4.90 Å². The molecule has 1 aliphatic rings. The van der Waals surface area contributed by atoms with Gasteiger partial charge in [-0.1, -0.05) is 20.8 Å². The van der Waals surface area contributed by atoms with E-state index < -0.39 is 17.7 Å². The first-order valence-electron chi connectivity index (χ1n) is 9.90. The Morgan fingerprint density at radius 3 is 2.45 bits per heavy atom. The topological polar surface area (TPSA) is 66.8 Å². The summed E-state index contributed by atoms with van der Waals surface area (Å²) >= 11 is 1.50. The molecular weight excluding hydrogens is 386 g/mol. The molecule has 1 atom stereocenters. The first-order valence-corrected chi connectivity index (χ1v) is 10.8. The average molecular weight is 414 g/mol. The van der Waals surface area contributed by atoms with Crippen LogP contribution in [0.3, 0.4) is 0 Å². The third-order valence-corrected chi connectivity index (χ3v) is 5.94. The normalized spacial score (nSPS) is 18.7. The molecule has 29 heavy (non-hydrogen) atoms. The lowest BCUT2D eigenvalue weighted by Crippen LogP contribution is -2.30. The molecule has 1 saturated heterocycles. The van der Waals surface area contributed by atoms with Gasteiger partial charge in [0.1, 0.15) is 11.5 Å². The van der Waals surface area contributed by atoms with Crippen LogP contribution in [0.2, 0.25) is 0 Å². The number of ketones is 1. The molecule has 1 amide bonds. The van der Waals surface area contributed by atoms with Crippen molar-refractivity contribution in [2.45, 2.75) is 40.2 Å². The minimum Gasteiger partial charge on any atom is -0.507 e. The van der Waals surface area contributed by atoms with Crippen LogP contribution in [-0.2, 0) is 9.59 Å². The summed E-state index contributed by atoms with van der Waals surface area (Å²) in [6, 6.07) is 8.39. The van der Waals surface area contributed by atoms with Crippen molar-refractivity contribution in [2.24, 2.45) is 5.92 Å². The second-order valence-electron chi connectivity index (χ2n) is 7.69. The molecule has 1 N–H and O–H groups in total. The summed E-state index contributed by atoms with van der Waals surface area (Å²) in [5.74, 6) is -0.217. The Morgan fingerprint density at radius 1 is 1.21 bits per heavy atom. The summed E-state index contributed by atoms with van der Waals surface area (Å²) < 4.78 is 5.69. The van der Waals surface area contributed by atoms with E-state index in [1.165, 1.54) is 11.3 Å². The molecular formula is C23H27NO4S. The summed E-state index contributed by atoms with van der Waals surface area (Å²) in [6.07, 6.45) is 0.732. The summed E-state index contributed by atoms with van der Waals surface area (Å²) in [7, 11) is 0. The maximum atomic E-state index is 12.8. The van der Waals surface area contributed by atoms with Gasteiger partial charge in [0, 0.05) is 17.0 Å². The number of carbonyl (C=O) groups is 2. The van der Waals surface area contributed by atoms with Crippen molar-refractivity contribution >= 4 is 28.8 Å².